The molecule has 3 heteroatoms. The van der Waals surface area contributed by atoms with Crippen LogP contribution in [0.4, 0.5) is 5.82 Å². The third-order valence-corrected chi connectivity index (χ3v) is 5.58. The lowest BCUT2D eigenvalue weighted by molar-refractivity contribution is 0.840. The molecular weight excluding hydrogens is 336 g/mol. The van der Waals surface area contributed by atoms with Crippen molar-refractivity contribution in [3.63, 3.8) is 0 Å². The van der Waals surface area contributed by atoms with E-state index in [1.165, 1.54) is 22.6 Å². The van der Waals surface area contributed by atoms with E-state index >= 15 is 0 Å². The van der Waals surface area contributed by atoms with Crippen LogP contribution >= 0.6 is 11.8 Å². The molecule has 0 N–H and O–H groups in total. The van der Waals surface area contributed by atoms with Crippen LogP contribution in [-0.4, -0.2) is 29.6 Å². The Kier molecular flexibility index (Phi) is 4.95. The monoisotopic (exact) mass is 356 g/mol. The van der Waals surface area contributed by atoms with E-state index in [0.29, 0.717) is 0 Å². The number of aromatic nitrogens is 1. The Balaban J connectivity index is 1.57. The molecule has 1 fully saturated rings. The van der Waals surface area contributed by atoms with Crippen molar-refractivity contribution < 1.29 is 0 Å². The van der Waals surface area contributed by atoms with Crippen LogP contribution in [0.2, 0.25) is 0 Å². The Hall–Kier alpha value is -2.70. The first-order valence-corrected chi connectivity index (χ1v) is 9.96. The Morgan fingerprint density at radius 2 is 1.42 bits per heavy atom. The fourth-order valence-corrected chi connectivity index (χ4v) is 4.05. The first-order valence-electron chi connectivity index (χ1n) is 8.81. The summed E-state index contributed by atoms with van der Waals surface area (Å²) in [7, 11) is 0. The van der Waals surface area contributed by atoms with Crippen LogP contribution in [-0.2, 0) is 0 Å². The van der Waals surface area contributed by atoms with E-state index in [9.17, 15) is 0 Å². The van der Waals surface area contributed by atoms with Gasteiger partial charge in [-0.25, -0.2) is 4.98 Å². The number of pyridine rings is 1. The molecular formula is C23H20N2S. The normalized spacial score (nSPS) is 14.0. The van der Waals surface area contributed by atoms with Gasteiger partial charge in [0.1, 0.15) is 5.82 Å². The van der Waals surface area contributed by atoms with Crippen LogP contribution in [0.3, 0.4) is 0 Å². The smallest absolute Gasteiger partial charge is 0.129 e. The minimum Gasteiger partial charge on any atom is -0.355 e. The summed E-state index contributed by atoms with van der Waals surface area (Å²) in [6.07, 6.45) is 5.43. The third kappa shape index (κ3) is 3.61. The highest BCUT2D eigenvalue weighted by molar-refractivity contribution is 7.99. The van der Waals surface area contributed by atoms with Crippen LogP contribution in [0, 0.1) is 12.3 Å². The topological polar surface area (TPSA) is 16.1 Å². The molecule has 1 saturated heterocycles. The molecule has 2 heterocycles. The number of benzene rings is 2. The van der Waals surface area contributed by atoms with Crippen molar-refractivity contribution in [2.24, 2.45) is 0 Å². The summed E-state index contributed by atoms with van der Waals surface area (Å²) < 4.78 is 0. The van der Waals surface area contributed by atoms with Crippen molar-refractivity contribution >= 4 is 17.6 Å². The first-order chi connectivity index (χ1) is 12.8. The number of rotatable bonds is 3. The zero-order valence-electron chi connectivity index (χ0n) is 14.6. The maximum atomic E-state index is 5.43. The van der Waals surface area contributed by atoms with Crippen LogP contribution in [0.25, 0.3) is 22.4 Å². The van der Waals surface area contributed by atoms with E-state index in [2.05, 4.69) is 65.4 Å². The van der Waals surface area contributed by atoms with Gasteiger partial charge in [-0.05, 0) is 35.4 Å². The molecule has 128 valence electrons. The van der Waals surface area contributed by atoms with Gasteiger partial charge in [0.25, 0.3) is 0 Å². The lowest BCUT2D eigenvalue weighted by Crippen LogP contribution is -2.33. The summed E-state index contributed by atoms with van der Waals surface area (Å²) in [6.45, 7) is 2.15. The van der Waals surface area contributed by atoms with E-state index in [4.69, 9.17) is 11.4 Å². The van der Waals surface area contributed by atoms with Crippen LogP contribution < -0.4 is 4.90 Å². The second-order valence-corrected chi connectivity index (χ2v) is 7.50. The highest BCUT2D eigenvalue weighted by atomic mass is 32.2. The molecule has 26 heavy (non-hydrogen) atoms. The number of terminal acetylenes is 1. The van der Waals surface area contributed by atoms with Crippen LogP contribution in [0.5, 0.6) is 0 Å². The fourth-order valence-electron chi connectivity index (χ4n) is 3.14. The summed E-state index contributed by atoms with van der Waals surface area (Å²) in [5.41, 5.74) is 5.42. The van der Waals surface area contributed by atoms with E-state index in [1.54, 1.807) is 0 Å². The third-order valence-electron chi connectivity index (χ3n) is 4.64. The largest absolute Gasteiger partial charge is 0.355 e. The van der Waals surface area contributed by atoms with Crippen molar-refractivity contribution in [3.05, 3.63) is 72.3 Å². The van der Waals surface area contributed by atoms with E-state index < -0.39 is 0 Å². The number of nitrogens with zero attached hydrogens (tertiary/aromatic N) is 2. The highest BCUT2D eigenvalue weighted by Crippen LogP contribution is 2.26. The van der Waals surface area contributed by atoms with Crippen LogP contribution in [0.1, 0.15) is 5.56 Å². The SMILES string of the molecule is C#Cc1ccc(-c2ccc(-c3cccc(N4CCSCC4)n3)cc2)cc1. The van der Waals surface area contributed by atoms with Gasteiger partial charge in [0.2, 0.25) is 0 Å². The molecule has 0 aliphatic carbocycles. The first kappa shape index (κ1) is 16.8. The van der Waals surface area contributed by atoms with Gasteiger partial charge in [0, 0.05) is 35.7 Å². The van der Waals surface area contributed by atoms with Gasteiger partial charge in [-0.15, -0.1) is 6.42 Å². The minimum atomic E-state index is 0.905. The molecule has 0 amide bonds. The molecule has 4 rings (SSSR count). The second kappa shape index (κ2) is 7.68. The molecule has 0 unspecified atom stereocenters. The van der Waals surface area contributed by atoms with Crippen molar-refractivity contribution in [3.8, 4) is 34.7 Å². The molecule has 0 spiro atoms. The number of anilines is 1. The molecule has 1 aliphatic heterocycles. The molecule has 2 nitrogen and oxygen atoms in total. The van der Waals surface area contributed by atoms with E-state index in [0.717, 1.165) is 35.7 Å². The summed E-state index contributed by atoms with van der Waals surface area (Å²) in [4.78, 5) is 7.26. The lowest BCUT2D eigenvalue weighted by atomic mass is 10.0. The maximum absolute atomic E-state index is 5.43. The molecule has 0 bridgehead atoms. The number of hydrogen-bond acceptors (Lipinski definition) is 3. The van der Waals surface area contributed by atoms with Gasteiger partial charge in [-0.2, -0.15) is 11.8 Å². The molecule has 1 aliphatic rings. The summed E-state index contributed by atoms with van der Waals surface area (Å²) in [5, 5.41) is 0. The van der Waals surface area contributed by atoms with Crippen molar-refractivity contribution in [1.29, 1.82) is 0 Å². The maximum Gasteiger partial charge on any atom is 0.129 e. The van der Waals surface area contributed by atoms with Crippen molar-refractivity contribution in [2.45, 2.75) is 0 Å². The molecule has 0 radical (unpaired) electrons. The van der Waals surface area contributed by atoms with Crippen LogP contribution in [0.15, 0.2) is 66.7 Å². The summed E-state index contributed by atoms with van der Waals surface area (Å²) in [6, 6.07) is 23.0. The van der Waals surface area contributed by atoms with E-state index in [1.807, 2.05) is 23.9 Å². The Morgan fingerprint density at radius 1 is 0.808 bits per heavy atom. The molecule has 2 aromatic carbocycles. The standard InChI is InChI=1S/C23H20N2S/c1-2-18-6-8-19(9-7-18)20-10-12-21(13-11-20)22-4-3-5-23(24-22)25-14-16-26-17-15-25/h1,3-13H,14-17H2. The average Bonchev–Trinajstić information content (AvgIpc) is 2.75. The zero-order valence-corrected chi connectivity index (χ0v) is 15.4. The lowest BCUT2D eigenvalue weighted by Gasteiger charge is -2.27. The average molecular weight is 356 g/mol. The molecule has 3 aromatic rings. The molecule has 0 saturated carbocycles. The van der Waals surface area contributed by atoms with Gasteiger partial charge < -0.3 is 4.90 Å². The second-order valence-electron chi connectivity index (χ2n) is 6.28. The van der Waals surface area contributed by atoms with Crippen molar-refractivity contribution in [2.75, 3.05) is 29.5 Å². The number of thioether (sulfide) groups is 1. The predicted molar refractivity (Wildman–Crippen MR) is 113 cm³/mol. The summed E-state index contributed by atoms with van der Waals surface area (Å²) >= 11 is 2.02. The van der Waals surface area contributed by atoms with Gasteiger partial charge >= 0.3 is 0 Å². The Labute approximate surface area is 159 Å². The van der Waals surface area contributed by atoms with Gasteiger partial charge in [0.15, 0.2) is 0 Å². The van der Waals surface area contributed by atoms with Gasteiger partial charge in [-0.1, -0.05) is 48.4 Å². The zero-order chi connectivity index (χ0) is 17.8. The van der Waals surface area contributed by atoms with Gasteiger partial charge in [-0.3, -0.25) is 0 Å². The quantitative estimate of drug-likeness (QED) is 0.618. The van der Waals surface area contributed by atoms with E-state index in [-0.39, 0.29) is 0 Å². The highest BCUT2D eigenvalue weighted by Gasteiger charge is 2.13. The Morgan fingerprint density at radius 3 is 2.08 bits per heavy atom. The van der Waals surface area contributed by atoms with Gasteiger partial charge in [0.05, 0.1) is 5.69 Å². The number of hydrogen-bond donors (Lipinski definition) is 0. The fraction of sp³-hybridized carbons (Fsp3) is 0.174. The minimum absolute atomic E-state index is 0.905. The summed E-state index contributed by atoms with van der Waals surface area (Å²) in [5.74, 6) is 6.09. The predicted octanol–water partition coefficient (Wildman–Crippen LogP) is 4.95. The van der Waals surface area contributed by atoms with Crippen molar-refractivity contribution in [1.82, 2.24) is 4.98 Å². The molecule has 1 aromatic heterocycles. The molecule has 0 atom stereocenters. The Bertz CT molecular complexity index is 918.